The molecule has 0 bridgehead atoms. The summed E-state index contributed by atoms with van der Waals surface area (Å²) in [6.07, 6.45) is 3.07. The monoisotopic (exact) mass is 316 g/mol. The summed E-state index contributed by atoms with van der Waals surface area (Å²) in [5.41, 5.74) is 1.19. The highest BCUT2D eigenvalue weighted by Crippen LogP contribution is 2.22. The fourth-order valence-corrected chi connectivity index (χ4v) is 2.15. The molecule has 5 heteroatoms. The summed E-state index contributed by atoms with van der Waals surface area (Å²) < 4.78 is 6.20. The number of furan rings is 1. The van der Waals surface area contributed by atoms with Crippen LogP contribution in [0.2, 0.25) is 0 Å². The van der Waals surface area contributed by atoms with Gasteiger partial charge in [-0.2, -0.15) is 0 Å². The molecule has 0 aliphatic heterocycles. The van der Waals surface area contributed by atoms with Gasteiger partial charge in [-0.05, 0) is 18.2 Å². The van der Waals surface area contributed by atoms with E-state index in [1.54, 1.807) is 18.3 Å². The summed E-state index contributed by atoms with van der Waals surface area (Å²) in [4.78, 5) is 16.3. The van der Waals surface area contributed by atoms with Crippen molar-refractivity contribution >= 4 is 38.6 Å². The molecule has 1 amide bonds. The molecule has 0 spiro atoms. The minimum atomic E-state index is -0.240. The Bertz CT molecular complexity index is 752. The average Bonchev–Trinajstić information content (AvgIpc) is 2.82. The highest BCUT2D eigenvalue weighted by atomic mass is 79.9. The summed E-state index contributed by atoms with van der Waals surface area (Å²) >= 11 is 3.33. The summed E-state index contributed by atoms with van der Waals surface area (Å²) in [5.74, 6) is 0.250. The van der Waals surface area contributed by atoms with E-state index in [2.05, 4.69) is 26.2 Å². The molecule has 4 nitrogen and oxygen atoms in total. The van der Waals surface area contributed by atoms with Gasteiger partial charge in [0.25, 0.3) is 5.91 Å². The maximum absolute atomic E-state index is 12.2. The highest BCUT2D eigenvalue weighted by Gasteiger charge is 2.13. The number of carbonyl (C=O) groups is 1. The topological polar surface area (TPSA) is 55.1 Å². The first-order valence-corrected chi connectivity index (χ1v) is 6.42. The number of nitrogens with zero attached hydrogens (tertiary/aromatic N) is 1. The predicted octanol–water partition coefficient (Wildman–Crippen LogP) is 3.84. The van der Waals surface area contributed by atoms with Gasteiger partial charge in [0.2, 0.25) is 0 Å². The molecule has 1 N–H and O–H groups in total. The SMILES string of the molecule is O=C(Nc1cc(Br)ccn1)c1coc2ccccc12. The number of fused-ring (bicyclic) bond motifs is 1. The van der Waals surface area contributed by atoms with Gasteiger partial charge in [0.1, 0.15) is 17.7 Å². The van der Waals surface area contributed by atoms with Crippen molar-refractivity contribution in [1.29, 1.82) is 0 Å². The number of para-hydroxylation sites is 1. The summed E-state index contributed by atoms with van der Waals surface area (Å²) in [6, 6.07) is 10.9. The van der Waals surface area contributed by atoms with E-state index < -0.39 is 0 Å². The lowest BCUT2D eigenvalue weighted by atomic mass is 10.1. The van der Waals surface area contributed by atoms with Crippen LogP contribution in [0.4, 0.5) is 5.82 Å². The molecule has 0 unspecified atom stereocenters. The Morgan fingerprint density at radius 3 is 2.95 bits per heavy atom. The third kappa shape index (κ3) is 2.37. The Morgan fingerprint density at radius 1 is 1.26 bits per heavy atom. The number of anilines is 1. The molecule has 0 aliphatic rings. The highest BCUT2D eigenvalue weighted by molar-refractivity contribution is 9.10. The van der Waals surface area contributed by atoms with Gasteiger partial charge in [-0.15, -0.1) is 0 Å². The van der Waals surface area contributed by atoms with Crippen LogP contribution in [0.3, 0.4) is 0 Å². The smallest absolute Gasteiger partial charge is 0.260 e. The number of nitrogens with one attached hydrogen (secondary N) is 1. The van der Waals surface area contributed by atoms with E-state index in [4.69, 9.17) is 4.42 Å². The van der Waals surface area contributed by atoms with E-state index in [0.29, 0.717) is 17.0 Å². The van der Waals surface area contributed by atoms with Crippen molar-refractivity contribution in [2.45, 2.75) is 0 Å². The van der Waals surface area contributed by atoms with E-state index >= 15 is 0 Å². The molecule has 0 saturated carbocycles. The normalized spacial score (nSPS) is 10.6. The lowest BCUT2D eigenvalue weighted by Gasteiger charge is -2.03. The third-order valence-electron chi connectivity index (χ3n) is 2.69. The molecular formula is C14H9BrN2O2. The lowest BCUT2D eigenvalue weighted by Crippen LogP contribution is -2.12. The minimum absolute atomic E-state index is 0.240. The van der Waals surface area contributed by atoms with Gasteiger partial charge in [-0.1, -0.05) is 34.1 Å². The van der Waals surface area contributed by atoms with Gasteiger partial charge in [0.05, 0.1) is 5.56 Å². The number of carbonyl (C=O) groups excluding carboxylic acids is 1. The molecule has 2 aromatic heterocycles. The van der Waals surface area contributed by atoms with Gasteiger partial charge in [0.15, 0.2) is 0 Å². The first kappa shape index (κ1) is 11.9. The number of halogens is 1. The first-order chi connectivity index (χ1) is 9.24. The number of aromatic nitrogens is 1. The van der Waals surface area contributed by atoms with E-state index in [1.165, 1.54) is 6.26 Å². The largest absolute Gasteiger partial charge is 0.463 e. The zero-order chi connectivity index (χ0) is 13.2. The van der Waals surface area contributed by atoms with Gasteiger partial charge >= 0.3 is 0 Å². The molecule has 0 aliphatic carbocycles. The van der Waals surface area contributed by atoms with E-state index in [0.717, 1.165) is 9.86 Å². The number of amides is 1. The zero-order valence-electron chi connectivity index (χ0n) is 9.76. The Balaban J connectivity index is 1.92. The van der Waals surface area contributed by atoms with Crippen LogP contribution in [0.25, 0.3) is 11.0 Å². The Kier molecular flexibility index (Phi) is 3.05. The maximum atomic E-state index is 12.2. The van der Waals surface area contributed by atoms with Crippen LogP contribution >= 0.6 is 15.9 Å². The second kappa shape index (κ2) is 4.85. The standard InChI is InChI=1S/C14H9BrN2O2/c15-9-5-6-16-13(7-9)17-14(18)11-8-19-12-4-2-1-3-10(11)12/h1-8H,(H,16,17,18). The number of hydrogen-bond acceptors (Lipinski definition) is 3. The zero-order valence-corrected chi connectivity index (χ0v) is 11.3. The molecule has 0 fully saturated rings. The molecule has 0 atom stereocenters. The van der Waals surface area contributed by atoms with Crippen LogP contribution in [0.5, 0.6) is 0 Å². The molecule has 3 aromatic rings. The van der Waals surface area contributed by atoms with Gasteiger partial charge in [0, 0.05) is 16.1 Å². The molecule has 3 rings (SSSR count). The van der Waals surface area contributed by atoms with Gasteiger partial charge in [-0.3, -0.25) is 4.79 Å². The Morgan fingerprint density at radius 2 is 2.11 bits per heavy atom. The molecule has 2 heterocycles. The van der Waals surface area contributed by atoms with Crippen molar-refractivity contribution in [3.63, 3.8) is 0 Å². The second-order valence-electron chi connectivity index (χ2n) is 3.96. The van der Waals surface area contributed by atoms with Gasteiger partial charge in [-0.25, -0.2) is 4.98 Å². The molecular weight excluding hydrogens is 308 g/mol. The molecule has 94 valence electrons. The summed E-state index contributed by atoms with van der Waals surface area (Å²) in [6.45, 7) is 0. The summed E-state index contributed by atoms with van der Waals surface area (Å²) in [5, 5.41) is 3.52. The summed E-state index contributed by atoms with van der Waals surface area (Å²) in [7, 11) is 0. The predicted molar refractivity (Wildman–Crippen MR) is 76.1 cm³/mol. The van der Waals surface area contributed by atoms with Crippen LogP contribution in [-0.2, 0) is 0 Å². The van der Waals surface area contributed by atoms with E-state index in [9.17, 15) is 4.79 Å². The van der Waals surface area contributed by atoms with Crippen molar-refractivity contribution in [2.75, 3.05) is 5.32 Å². The average molecular weight is 317 g/mol. The second-order valence-corrected chi connectivity index (χ2v) is 4.87. The van der Waals surface area contributed by atoms with Crippen molar-refractivity contribution in [3.8, 4) is 0 Å². The Labute approximate surface area is 117 Å². The lowest BCUT2D eigenvalue weighted by molar-refractivity contribution is 0.102. The number of pyridine rings is 1. The first-order valence-electron chi connectivity index (χ1n) is 5.63. The van der Waals surface area contributed by atoms with Crippen LogP contribution in [0.15, 0.2) is 57.7 Å². The number of benzene rings is 1. The van der Waals surface area contributed by atoms with E-state index in [1.807, 2.05) is 24.3 Å². The molecule has 0 radical (unpaired) electrons. The minimum Gasteiger partial charge on any atom is -0.463 e. The maximum Gasteiger partial charge on any atom is 0.260 e. The van der Waals surface area contributed by atoms with Crippen LogP contribution in [0.1, 0.15) is 10.4 Å². The fourth-order valence-electron chi connectivity index (χ4n) is 1.81. The Hall–Kier alpha value is -2.14. The van der Waals surface area contributed by atoms with Crippen LogP contribution < -0.4 is 5.32 Å². The van der Waals surface area contributed by atoms with Crippen LogP contribution in [0, 0.1) is 0 Å². The van der Waals surface area contributed by atoms with Crippen LogP contribution in [-0.4, -0.2) is 10.9 Å². The van der Waals surface area contributed by atoms with Gasteiger partial charge < -0.3 is 9.73 Å². The molecule has 19 heavy (non-hydrogen) atoms. The third-order valence-corrected chi connectivity index (χ3v) is 3.18. The molecule has 1 aromatic carbocycles. The van der Waals surface area contributed by atoms with Crippen molar-refractivity contribution in [3.05, 3.63) is 58.9 Å². The number of rotatable bonds is 2. The molecule has 0 saturated heterocycles. The van der Waals surface area contributed by atoms with Crippen molar-refractivity contribution in [1.82, 2.24) is 4.98 Å². The van der Waals surface area contributed by atoms with Crippen molar-refractivity contribution < 1.29 is 9.21 Å². The quantitative estimate of drug-likeness (QED) is 0.781. The number of hydrogen-bond donors (Lipinski definition) is 1. The fraction of sp³-hybridized carbons (Fsp3) is 0. The van der Waals surface area contributed by atoms with E-state index in [-0.39, 0.29) is 5.91 Å². The van der Waals surface area contributed by atoms with Crippen molar-refractivity contribution in [2.24, 2.45) is 0 Å².